The van der Waals surface area contributed by atoms with Crippen LogP contribution in [0.4, 0.5) is 17.1 Å². The van der Waals surface area contributed by atoms with Crippen LogP contribution in [0, 0.1) is 0 Å². The molecular weight excluding hydrogens is 502 g/mol. The van der Waals surface area contributed by atoms with E-state index in [1.54, 1.807) is 0 Å². The molecule has 4 heteroatoms. The van der Waals surface area contributed by atoms with Gasteiger partial charge in [-0.1, -0.05) is 72.8 Å². The van der Waals surface area contributed by atoms with Crippen molar-refractivity contribution < 1.29 is 4.42 Å². The Labute approximate surface area is 237 Å². The van der Waals surface area contributed by atoms with Gasteiger partial charge in [-0.15, -0.1) is 0 Å². The molecule has 0 bridgehead atoms. The lowest BCUT2D eigenvalue weighted by Gasteiger charge is -2.25. The predicted molar refractivity (Wildman–Crippen MR) is 169 cm³/mol. The lowest BCUT2D eigenvalue weighted by molar-refractivity contribution is 0.620. The van der Waals surface area contributed by atoms with E-state index in [1.165, 1.54) is 5.56 Å². The van der Waals surface area contributed by atoms with Crippen LogP contribution in [0.5, 0.6) is 0 Å². The van der Waals surface area contributed by atoms with Crippen LogP contribution in [0.25, 0.3) is 55.5 Å². The van der Waals surface area contributed by atoms with E-state index in [4.69, 9.17) is 9.40 Å². The zero-order valence-electron chi connectivity index (χ0n) is 22.2. The summed E-state index contributed by atoms with van der Waals surface area (Å²) >= 11 is 0. The van der Waals surface area contributed by atoms with Crippen LogP contribution in [0.15, 0.2) is 150 Å². The molecule has 0 amide bonds. The van der Waals surface area contributed by atoms with E-state index < -0.39 is 0 Å². The number of hydrogen-bond acceptors (Lipinski definition) is 3. The monoisotopic (exact) mass is 527 g/mol. The van der Waals surface area contributed by atoms with Crippen LogP contribution in [-0.4, -0.2) is 9.97 Å². The Morgan fingerprint density at radius 1 is 0.488 bits per heavy atom. The molecule has 0 atom stereocenters. The number of oxazole rings is 1. The molecule has 194 valence electrons. The van der Waals surface area contributed by atoms with Crippen LogP contribution >= 0.6 is 0 Å². The second kappa shape index (κ2) is 9.54. The molecule has 0 saturated carbocycles. The number of anilines is 3. The van der Waals surface area contributed by atoms with Crippen LogP contribution in [0.1, 0.15) is 0 Å². The van der Waals surface area contributed by atoms with Gasteiger partial charge in [-0.3, -0.25) is 0 Å². The lowest BCUT2D eigenvalue weighted by Crippen LogP contribution is -2.09. The van der Waals surface area contributed by atoms with Crippen molar-refractivity contribution in [2.45, 2.75) is 0 Å². The smallest absolute Gasteiger partial charge is 0.227 e. The number of rotatable bonds is 5. The number of fused-ring (bicyclic) bond motifs is 4. The van der Waals surface area contributed by atoms with E-state index in [1.807, 2.05) is 42.5 Å². The van der Waals surface area contributed by atoms with Crippen LogP contribution in [0.2, 0.25) is 0 Å². The number of aromatic amines is 1. The molecule has 8 rings (SSSR count). The van der Waals surface area contributed by atoms with Crippen molar-refractivity contribution in [3.8, 4) is 22.6 Å². The summed E-state index contributed by atoms with van der Waals surface area (Å²) in [5.74, 6) is 0.637. The number of nitrogens with one attached hydrogen (secondary N) is 1. The number of benzene rings is 6. The third-order valence-electron chi connectivity index (χ3n) is 7.62. The number of para-hydroxylation sites is 2. The Kier molecular flexibility index (Phi) is 5.42. The first-order chi connectivity index (χ1) is 20.3. The largest absolute Gasteiger partial charge is 0.436 e. The van der Waals surface area contributed by atoms with Crippen molar-refractivity contribution >= 4 is 50.0 Å². The highest BCUT2D eigenvalue weighted by atomic mass is 16.3. The van der Waals surface area contributed by atoms with E-state index in [0.717, 1.165) is 61.1 Å². The van der Waals surface area contributed by atoms with Crippen molar-refractivity contribution in [3.05, 3.63) is 146 Å². The van der Waals surface area contributed by atoms with Crippen molar-refractivity contribution in [2.75, 3.05) is 4.90 Å². The number of H-pyrrole nitrogens is 1. The maximum atomic E-state index is 6.17. The van der Waals surface area contributed by atoms with Gasteiger partial charge in [-0.05, 0) is 83.9 Å². The molecule has 0 fully saturated rings. The average Bonchev–Trinajstić information content (AvgIpc) is 3.62. The highest BCUT2D eigenvalue weighted by molar-refractivity contribution is 6.11. The minimum atomic E-state index is 0.637. The first-order valence-electron chi connectivity index (χ1n) is 13.7. The summed E-state index contributed by atoms with van der Waals surface area (Å²) in [5.41, 5.74) is 10.4. The van der Waals surface area contributed by atoms with Crippen molar-refractivity contribution in [3.63, 3.8) is 0 Å². The highest BCUT2D eigenvalue weighted by Crippen LogP contribution is 2.37. The molecule has 0 radical (unpaired) electrons. The van der Waals surface area contributed by atoms with Gasteiger partial charge < -0.3 is 14.3 Å². The minimum absolute atomic E-state index is 0.637. The lowest BCUT2D eigenvalue weighted by atomic mass is 10.0. The third-order valence-corrected chi connectivity index (χ3v) is 7.62. The first-order valence-corrected chi connectivity index (χ1v) is 13.7. The van der Waals surface area contributed by atoms with Gasteiger partial charge in [-0.25, -0.2) is 4.98 Å². The van der Waals surface area contributed by atoms with Gasteiger partial charge in [0, 0.05) is 44.4 Å². The predicted octanol–water partition coefficient (Wildman–Crippen LogP) is 10.3. The maximum Gasteiger partial charge on any atom is 0.227 e. The fourth-order valence-corrected chi connectivity index (χ4v) is 5.61. The maximum absolute atomic E-state index is 6.17. The Morgan fingerprint density at radius 3 is 1.76 bits per heavy atom. The molecule has 4 nitrogen and oxygen atoms in total. The van der Waals surface area contributed by atoms with Gasteiger partial charge in [0.25, 0.3) is 0 Å². The minimum Gasteiger partial charge on any atom is -0.436 e. The quantitative estimate of drug-likeness (QED) is 0.242. The summed E-state index contributed by atoms with van der Waals surface area (Å²) < 4.78 is 6.17. The second-order valence-electron chi connectivity index (χ2n) is 10.2. The second-order valence-corrected chi connectivity index (χ2v) is 10.2. The molecule has 2 heterocycles. The summed E-state index contributed by atoms with van der Waals surface area (Å²) in [6.07, 6.45) is 0. The summed E-state index contributed by atoms with van der Waals surface area (Å²) in [7, 11) is 0. The number of nitrogens with zero attached hydrogens (tertiary/aromatic N) is 2. The molecule has 6 aromatic carbocycles. The third kappa shape index (κ3) is 4.14. The first kappa shape index (κ1) is 23.3. The van der Waals surface area contributed by atoms with Crippen LogP contribution in [-0.2, 0) is 0 Å². The van der Waals surface area contributed by atoms with Gasteiger partial charge in [-0.2, -0.15) is 0 Å². The molecule has 1 N–H and O–H groups in total. The van der Waals surface area contributed by atoms with Crippen LogP contribution in [0.3, 0.4) is 0 Å². The summed E-state index contributed by atoms with van der Waals surface area (Å²) in [6.45, 7) is 0. The highest BCUT2D eigenvalue weighted by Gasteiger charge is 2.14. The normalized spacial score (nSPS) is 11.4. The van der Waals surface area contributed by atoms with E-state index in [2.05, 4.69) is 113 Å². The number of hydrogen-bond donors (Lipinski definition) is 1. The van der Waals surface area contributed by atoms with Crippen molar-refractivity contribution in [1.29, 1.82) is 0 Å². The fourth-order valence-electron chi connectivity index (χ4n) is 5.61. The molecule has 0 spiro atoms. The molecular formula is C37H25N3O. The van der Waals surface area contributed by atoms with Gasteiger partial charge in [0.05, 0.1) is 0 Å². The Bertz CT molecular complexity index is 2090. The van der Waals surface area contributed by atoms with E-state index in [-0.39, 0.29) is 0 Å². The van der Waals surface area contributed by atoms with Gasteiger partial charge in [0.1, 0.15) is 5.52 Å². The van der Waals surface area contributed by atoms with Crippen molar-refractivity contribution in [2.24, 2.45) is 0 Å². The van der Waals surface area contributed by atoms with Gasteiger partial charge in [0.15, 0.2) is 5.58 Å². The summed E-state index contributed by atoms with van der Waals surface area (Å²) in [4.78, 5) is 10.6. The average molecular weight is 528 g/mol. The zero-order valence-corrected chi connectivity index (χ0v) is 22.2. The molecule has 0 unspecified atom stereocenters. The topological polar surface area (TPSA) is 45.1 Å². The standard InChI is InChI=1S/C37H25N3O/c1-4-10-26(11-5-1)37-39-35-24-34-32(23-36(35)41-37)31-22-27(18-21-33(31)38-34)25-16-19-30(20-17-25)40(28-12-6-2-7-13-28)29-14-8-3-9-15-29/h1-24,38H. The Balaban J connectivity index is 1.18. The SMILES string of the molecule is c1ccc(-c2nc3cc4[nH]c5ccc(-c6ccc(N(c7ccccc7)c7ccccc7)cc6)cc5c4cc3o2)cc1. The molecule has 2 aromatic heterocycles. The number of aromatic nitrogens is 2. The zero-order chi connectivity index (χ0) is 27.2. The van der Waals surface area contributed by atoms with Crippen molar-refractivity contribution in [1.82, 2.24) is 9.97 Å². The summed E-state index contributed by atoms with van der Waals surface area (Å²) in [5, 5.41) is 2.29. The molecule has 0 aliphatic carbocycles. The fraction of sp³-hybridized carbons (Fsp3) is 0. The van der Waals surface area contributed by atoms with E-state index >= 15 is 0 Å². The van der Waals surface area contributed by atoms with E-state index in [0.29, 0.717) is 5.89 Å². The van der Waals surface area contributed by atoms with Gasteiger partial charge in [0.2, 0.25) is 5.89 Å². The summed E-state index contributed by atoms with van der Waals surface area (Å²) in [6, 6.07) is 50.5. The molecule has 0 aliphatic heterocycles. The Hall–Kier alpha value is -5.61. The van der Waals surface area contributed by atoms with Crippen LogP contribution < -0.4 is 4.90 Å². The van der Waals surface area contributed by atoms with Gasteiger partial charge >= 0.3 is 0 Å². The molecule has 0 aliphatic rings. The molecule has 41 heavy (non-hydrogen) atoms. The van der Waals surface area contributed by atoms with E-state index in [9.17, 15) is 0 Å². The Morgan fingerprint density at radius 2 is 1.07 bits per heavy atom. The molecule has 0 saturated heterocycles. The molecule has 8 aromatic rings.